The third-order valence-corrected chi connectivity index (χ3v) is 5.85. The van der Waals surface area contributed by atoms with Gasteiger partial charge in [-0.25, -0.2) is 4.79 Å². The van der Waals surface area contributed by atoms with Crippen LogP contribution in [0, 0.1) is 12.8 Å². The van der Waals surface area contributed by atoms with Crippen molar-refractivity contribution in [3.8, 4) is 0 Å². The second-order valence-corrected chi connectivity index (χ2v) is 10.2. The molecule has 1 aliphatic rings. The fraction of sp³-hybridized carbons (Fsp3) is 0.464. The molecule has 2 aromatic rings. The fourth-order valence-electron chi connectivity index (χ4n) is 3.86. The smallest absolute Gasteiger partial charge is 0.408 e. The number of amides is 2. The van der Waals surface area contributed by atoms with Gasteiger partial charge in [0.1, 0.15) is 5.60 Å². The van der Waals surface area contributed by atoms with Crippen molar-refractivity contribution in [2.75, 3.05) is 6.61 Å². The van der Waals surface area contributed by atoms with Crippen molar-refractivity contribution < 1.29 is 23.9 Å². The molecule has 1 aliphatic carbocycles. The van der Waals surface area contributed by atoms with Crippen LogP contribution in [-0.2, 0) is 27.3 Å². The molecular weight excluding hydrogens is 444 g/mol. The first-order chi connectivity index (χ1) is 16.5. The summed E-state index contributed by atoms with van der Waals surface area (Å²) >= 11 is 0. The highest BCUT2D eigenvalue weighted by Crippen LogP contribution is 2.31. The Kier molecular flexibility index (Phi) is 8.67. The lowest BCUT2D eigenvalue weighted by Crippen LogP contribution is -2.42. The Morgan fingerprint density at radius 2 is 1.77 bits per heavy atom. The summed E-state index contributed by atoms with van der Waals surface area (Å²) in [4.78, 5) is 37.9. The van der Waals surface area contributed by atoms with Gasteiger partial charge in [-0.15, -0.1) is 0 Å². The topological polar surface area (TPSA) is 93.7 Å². The second-order valence-electron chi connectivity index (χ2n) is 10.2. The van der Waals surface area contributed by atoms with E-state index in [0.717, 1.165) is 17.5 Å². The van der Waals surface area contributed by atoms with Crippen LogP contribution in [0.25, 0.3) is 0 Å². The number of nitrogens with one attached hydrogen (secondary N) is 2. The van der Waals surface area contributed by atoms with E-state index in [-0.39, 0.29) is 30.1 Å². The fourth-order valence-corrected chi connectivity index (χ4v) is 3.86. The van der Waals surface area contributed by atoms with Gasteiger partial charge in [0.25, 0.3) is 5.91 Å². The van der Waals surface area contributed by atoms with E-state index in [0.29, 0.717) is 24.3 Å². The van der Waals surface area contributed by atoms with Crippen molar-refractivity contribution in [3.05, 3.63) is 70.8 Å². The Balaban J connectivity index is 1.53. The van der Waals surface area contributed by atoms with Crippen LogP contribution in [0.1, 0.15) is 61.2 Å². The van der Waals surface area contributed by atoms with Crippen molar-refractivity contribution in [2.45, 2.75) is 71.8 Å². The first-order valence-corrected chi connectivity index (χ1v) is 12.1. The van der Waals surface area contributed by atoms with Crippen LogP contribution in [0.2, 0.25) is 0 Å². The minimum Gasteiger partial charge on any atom is -0.444 e. The number of ketones is 1. The zero-order valence-corrected chi connectivity index (χ0v) is 21.2. The minimum absolute atomic E-state index is 0.0374. The normalized spacial score (nSPS) is 17.9. The van der Waals surface area contributed by atoms with E-state index in [9.17, 15) is 14.4 Å². The lowest BCUT2D eigenvalue weighted by Gasteiger charge is -2.21. The van der Waals surface area contributed by atoms with E-state index < -0.39 is 17.7 Å². The highest BCUT2D eigenvalue weighted by Gasteiger charge is 2.39. The number of aryl methyl sites for hydroxylation is 1. The summed E-state index contributed by atoms with van der Waals surface area (Å²) in [5.74, 6) is -0.0989. The lowest BCUT2D eigenvalue weighted by molar-refractivity contribution is -0.120. The van der Waals surface area contributed by atoms with Crippen LogP contribution < -0.4 is 10.6 Å². The SMILES string of the molecule is Cc1cccc(CC(=O)[C@H](C)NC(=O)OC(C)(C)C)c1C(=O)NC1CC1COCc1ccccc1. The van der Waals surface area contributed by atoms with E-state index in [4.69, 9.17) is 9.47 Å². The highest BCUT2D eigenvalue weighted by atomic mass is 16.6. The molecule has 0 aliphatic heterocycles. The maximum Gasteiger partial charge on any atom is 0.408 e. The summed E-state index contributed by atoms with van der Waals surface area (Å²) in [6.07, 6.45) is 0.266. The monoisotopic (exact) mass is 480 g/mol. The van der Waals surface area contributed by atoms with E-state index in [1.165, 1.54) is 0 Å². The van der Waals surface area contributed by atoms with Gasteiger partial charge < -0.3 is 20.1 Å². The Labute approximate surface area is 207 Å². The van der Waals surface area contributed by atoms with Gasteiger partial charge in [-0.1, -0.05) is 48.5 Å². The third-order valence-electron chi connectivity index (χ3n) is 5.85. The summed E-state index contributed by atoms with van der Waals surface area (Å²) in [6.45, 7) is 9.90. The van der Waals surface area contributed by atoms with Crippen molar-refractivity contribution in [1.82, 2.24) is 10.6 Å². The van der Waals surface area contributed by atoms with Crippen LogP contribution in [0.15, 0.2) is 48.5 Å². The van der Waals surface area contributed by atoms with Crippen LogP contribution >= 0.6 is 0 Å². The minimum atomic E-state index is -0.740. The zero-order chi connectivity index (χ0) is 25.6. The van der Waals surface area contributed by atoms with Gasteiger partial charge in [-0.2, -0.15) is 0 Å². The van der Waals surface area contributed by atoms with Gasteiger partial charge >= 0.3 is 6.09 Å². The molecule has 188 valence electrons. The first-order valence-electron chi connectivity index (χ1n) is 12.1. The molecule has 2 N–H and O–H groups in total. The van der Waals surface area contributed by atoms with Crippen LogP contribution in [0.3, 0.4) is 0 Å². The van der Waals surface area contributed by atoms with Gasteiger partial charge in [0, 0.05) is 23.9 Å². The summed E-state index contributed by atoms with van der Waals surface area (Å²) in [5.41, 5.74) is 2.43. The molecule has 0 heterocycles. The van der Waals surface area contributed by atoms with Gasteiger partial charge in [-0.05, 0) is 57.7 Å². The molecule has 0 spiro atoms. The highest BCUT2D eigenvalue weighted by molar-refractivity contribution is 5.99. The first kappa shape index (κ1) is 26.4. The number of hydrogen-bond donors (Lipinski definition) is 2. The van der Waals surface area contributed by atoms with Gasteiger partial charge in [0.2, 0.25) is 0 Å². The molecule has 0 saturated heterocycles. The van der Waals surface area contributed by atoms with Gasteiger partial charge in [0.05, 0.1) is 19.3 Å². The number of alkyl carbamates (subject to hydrolysis) is 1. The number of benzene rings is 2. The van der Waals surface area contributed by atoms with Gasteiger partial charge in [0.15, 0.2) is 5.78 Å². The van der Waals surface area contributed by atoms with Crippen molar-refractivity contribution in [3.63, 3.8) is 0 Å². The molecule has 1 fully saturated rings. The maximum absolute atomic E-state index is 13.1. The Morgan fingerprint density at radius 1 is 1.06 bits per heavy atom. The Hall–Kier alpha value is -3.19. The predicted octanol–water partition coefficient (Wildman–Crippen LogP) is 4.35. The third kappa shape index (κ3) is 8.21. The molecule has 2 unspecified atom stereocenters. The standard InChI is InChI=1S/C28H36N2O5/c1-18-10-9-13-21(15-24(31)19(2)29-27(33)35-28(3,4)5)25(18)26(32)30-23-14-22(23)17-34-16-20-11-7-6-8-12-20/h6-13,19,22-23H,14-17H2,1-5H3,(H,29,33)(H,30,32)/t19-,22?,23?/m0/s1. The number of carbonyl (C=O) groups is 3. The quantitative estimate of drug-likeness (QED) is 0.527. The summed E-state index contributed by atoms with van der Waals surface area (Å²) < 4.78 is 11.0. The molecule has 2 amide bonds. The summed E-state index contributed by atoms with van der Waals surface area (Å²) in [5, 5.41) is 5.66. The van der Waals surface area contributed by atoms with E-state index in [1.54, 1.807) is 33.8 Å². The van der Waals surface area contributed by atoms with E-state index in [2.05, 4.69) is 10.6 Å². The largest absolute Gasteiger partial charge is 0.444 e. The predicted molar refractivity (Wildman–Crippen MR) is 134 cm³/mol. The summed E-state index contributed by atoms with van der Waals surface area (Å²) in [7, 11) is 0. The Morgan fingerprint density at radius 3 is 2.46 bits per heavy atom. The maximum atomic E-state index is 13.1. The number of hydrogen-bond acceptors (Lipinski definition) is 5. The van der Waals surface area contributed by atoms with E-state index in [1.807, 2.05) is 49.4 Å². The number of carbonyl (C=O) groups excluding carboxylic acids is 3. The number of ether oxygens (including phenoxy) is 2. The number of rotatable bonds is 10. The Bertz CT molecular complexity index is 1050. The molecule has 2 aromatic carbocycles. The number of Topliss-reactive ketones (excluding diaryl/α,β-unsaturated/α-hetero) is 1. The molecule has 35 heavy (non-hydrogen) atoms. The average Bonchev–Trinajstić information content (AvgIpc) is 3.50. The van der Waals surface area contributed by atoms with Crippen LogP contribution in [0.4, 0.5) is 4.79 Å². The molecule has 0 radical (unpaired) electrons. The molecule has 0 aromatic heterocycles. The summed E-state index contributed by atoms with van der Waals surface area (Å²) in [6, 6.07) is 14.8. The van der Waals surface area contributed by atoms with Crippen LogP contribution in [-0.4, -0.2) is 42.1 Å². The van der Waals surface area contributed by atoms with Crippen molar-refractivity contribution in [1.29, 1.82) is 0 Å². The molecule has 3 rings (SSSR count). The second kappa shape index (κ2) is 11.5. The molecule has 1 saturated carbocycles. The molecular formula is C28H36N2O5. The zero-order valence-electron chi connectivity index (χ0n) is 21.2. The van der Waals surface area contributed by atoms with Crippen molar-refractivity contribution in [2.24, 2.45) is 5.92 Å². The average molecular weight is 481 g/mol. The van der Waals surface area contributed by atoms with Crippen molar-refractivity contribution >= 4 is 17.8 Å². The van der Waals surface area contributed by atoms with Crippen LogP contribution in [0.5, 0.6) is 0 Å². The molecule has 7 heteroatoms. The molecule has 0 bridgehead atoms. The van der Waals surface area contributed by atoms with E-state index >= 15 is 0 Å². The lowest BCUT2D eigenvalue weighted by atomic mass is 9.95. The van der Waals surface area contributed by atoms with Gasteiger partial charge in [-0.3, -0.25) is 9.59 Å². The molecule has 3 atom stereocenters. The molecule has 7 nitrogen and oxygen atoms in total.